The first-order valence-corrected chi connectivity index (χ1v) is 7.31. The second-order valence-corrected chi connectivity index (χ2v) is 5.55. The Bertz CT molecular complexity index is 653. The van der Waals surface area contributed by atoms with Crippen LogP contribution in [0.25, 0.3) is 0 Å². The van der Waals surface area contributed by atoms with Crippen molar-refractivity contribution in [2.45, 2.75) is 18.9 Å². The Kier molecular flexibility index (Phi) is 3.42. The molecule has 1 atom stereocenters. The quantitative estimate of drug-likeness (QED) is 0.855. The van der Waals surface area contributed by atoms with Crippen molar-refractivity contribution < 1.29 is 4.79 Å². The Morgan fingerprint density at radius 2 is 1.76 bits per heavy atom. The molecular formula is C18H20N2O. The van der Waals surface area contributed by atoms with Crippen LogP contribution < -0.4 is 5.32 Å². The molecule has 3 rings (SSSR count). The highest BCUT2D eigenvalue weighted by molar-refractivity contribution is 5.76. The highest BCUT2D eigenvalue weighted by Gasteiger charge is 2.42. The highest BCUT2D eigenvalue weighted by Crippen LogP contribution is 2.40. The molecule has 21 heavy (non-hydrogen) atoms. The minimum atomic E-state index is -0.434. The van der Waals surface area contributed by atoms with Gasteiger partial charge >= 0.3 is 6.03 Å². The number of carbonyl (C=O) groups is 1. The molecule has 0 radical (unpaired) electrons. The van der Waals surface area contributed by atoms with Crippen LogP contribution in [-0.4, -0.2) is 24.5 Å². The summed E-state index contributed by atoms with van der Waals surface area (Å²) >= 11 is 0. The standard InChI is InChI=1S/C18H20N2O/c1-18(15-9-4-3-5-10-15)16-11-7-6-8-14(16)12-13-20(18)17(21)19-2/h3-11H,12-13H2,1-2H3,(H,19,21). The van der Waals surface area contributed by atoms with E-state index in [0.717, 1.165) is 18.5 Å². The summed E-state index contributed by atoms with van der Waals surface area (Å²) in [6.45, 7) is 2.86. The van der Waals surface area contributed by atoms with Gasteiger partial charge in [0.05, 0.1) is 5.54 Å². The average Bonchev–Trinajstić information content (AvgIpc) is 2.55. The van der Waals surface area contributed by atoms with Crippen LogP contribution in [0.2, 0.25) is 0 Å². The van der Waals surface area contributed by atoms with Crippen molar-refractivity contribution in [3.05, 3.63) is 71.3 Å². The SMILES string of the molecule is CNC(=O)N1CCc2ccccc2C1(C)c1ccccc1. The van der Waals surface area contributed by atoms with E-state index in [0.29, 0.717) is 0 Å². The van der Waals surface area contributed by atoms with Crippen molar-refractivity contribution in [2.24, 2.45) is 0 Å². The monoisotopic (exact) mass is 280 g/mol. The predicted octanol–water partition coefficient (Wildman–Crippen LogP) is 3.15. The van der Waals surface area contributed by atoms with E-state index in [1.165, 1.54) is 11.1 Å². The summed E-state index contributed by atoms with van der Waals surface area (Å²) in [7, 11) is 1.69. The van der Waals surface area contributed by atoms with E-state index in [1.807, 2.05) is 29.2 Å². The molecule has 1 unspecified atom stereocenters. The zero-order valence-electron chi connectivity index (χ0n) is 12.5. The van der Waals surface area contributed by atoms with Crippen LogP contribution in [0.3, 0.4) is 0 Å². The zero-order chi connectivity index (χ0) is 14.9. The predicted molar refractivity (Wildman–Crippen MR) is 84.2 cm³/mol. The molecule has 3 heteroatoms. The van der Waals surface area contributed by atoms with Gasteiger partial charge in [0.25, 0.3) is 0 Å². The van der Waals surface area contributed by atoms with Gasteiger partial charge in [0.1, 0.15) is 0 Å². The number of amides is 2. The lowest BCUT2D eigenvalue weighted by Crippen LogP contribution is -2.55. The molecule has 2 aromatic rings. The van der Waals surface area contributed by atoms with Gasteiger partial charge in [-0.1, -0.05) is 54.6 Å². The fraction of sp³-hybridized carbons (Fsp3) is 0.278. The molecule has 0 bridgehead atoms. The van der Waals surface area contributed by atoms with Crippen molar-refractivity contribution in [2.75, 3.05) is 13.6 Å². The molecule has 0 spiro atoms. The minimum Gasteiger partial charge on any atom is -0.341 e. The average molecular weight is 280 g/mol. The third kappa shape index (κ3) is 2.09. The van der Waals surface area contributed by atoms with Gasteiger partial charge in [-0.2, -0.15) is 0 Å². The molecule has 0 saturated carbocycles. The number of nitrogens with one attached hydrogen (secondary N) is 1. The highest BCUT2D eigenvalue weighted by atomic mass is 16.2. The number of urea groups is 1. The maximum atomic E-state index is 12.4. The molecule has 1 heterocycles. The number of rotatable bonds is 1. The first-order valence-electron chi connectivity index (χ1n) is 7.31. The topological polar surface area (TPSA) is 32.3 Å². The van der Waals surface area contributed by atoms with Gasteiger partial charge in [-0.3, -0.25) is 0 Å². The van der Waals surface area contributed by atoms with Crippen molar-refractivity contribution in [1.82, 2.24) is 10.2 Å². The number of fused-ring (bicyclic) bond motifs is 1. The second-order valence-electron chi connectivity index (χ2n) is 5.55. The van der Waals surface area contributed by atoms with Gasteiger partial charge < -0.3 is 10.2 Å². The van der Waals surface area contributed by atoms with Gasteiger partial charge in [-0.05, 0) is 30.0 Å². The lowest BCUT2D eigenvalue weighted by atomic mass is 9.77. The van der Waals surface area contributed by atoms with Crippen LogP contribution in [0.4, 0.5) is 4.79 Å². The molecule has 1 aliphatic rings. The molecular weight excluding hydrogens is 260 g/mol. The third-order valence-electron chi connectivity index (χ3n) is 4.48. The summed E-state index contributed by atoms with van der Waals surface area (Å²) in [4.78, 5) is 14.3. The maximum absolute atomic E-state index is 12.4. The van der Waals surface area contributed by atoms with Crippen LogP contribution in [0.5, 0.6) is 0 Å². The van der Waals surface area contributed by atoms with Crippen LogP contribution >= 0.6 is 0 Å². The van der Waals surface area contributed by atoms with Crippen molar-refractivity contribution in [3.8, 4) is 0 Å². The third-order valence-corrected chi connectivity index (χ3v) is 4.48. The van der Waals surface area contributed by atoms with E-state index in [1.54, 1.807) is 7.05 Å². The first kappa shape index (κ1) is 13.7. The smallest absolute Gasteiger partial charge is 0.318 e. The fourth-order valence-corrected chi connectivity index (χ4v) is 3.33. The molecule has 0 aromatic heterocycles. The Balaban J connectivity index is 2.21. The molecule has 0 saturated heterocycles. The van der Waals surface area contributed by atoms with Gasteiger partial charge in [0, 0.05) is 13.6 Å². The van der Waals surface area contributed by atoms with E-state index in [9.17, 15) is 4.79 Å². The Morgan fingerprint density at radius 3 is 2.48 bits per heavy atom. The number of nitrogens with zero attached hydrogens (tertiary/aromatic N) is 1. The van der Waals surface area contributed by atoms with Gasteiger partial charge in [-0.15, -0.1) is 0 Å². The fourth-order valence-electron chi connectivity index (χ4n) is 3.33. The van der Waals surface area contributed by atoms with E-state index < -0.39 is 5.54 Å². The number of hydrogen-bond donors (Lipinski definition) is 1. The second kappa shape index (κ2) is 5.24. The van der Waals surface area contributed by atoms with Crippen LogP contribution in [0.1, 0.15) is 23.6 Å². The summed E-state index contributed by atoms with van der Waals surface area (Å²) in [6.07, 6.45) is 0.895. The molecule has 0 fully saturated rings. The number of benzene rings is 2. The van der Waals surface area contributed by atoms with E-state index in [-0.39, 0.29) is 6.03 Å². The van der Waals surface area contributed by atoms with Crippen LogP contribution in [0.15, 0.2) is 54.6 Å². The van der Waals surface area contributed by atoms with Crippen LogP contribution in [0, 0.1) is 0 Å². The summed E-state index contributed by atoms with van der Waals surface area (Å²) in [5.41, 5.74) is 3.24. The lowest BCUT2D eigenvalue weighted by Gasteiger charge is -2.46. The molecule has 0 aliphatic carbocycles. The minimum absolute atomic E-state index is 0.0316. The molecule has 2 aromatic carbocycles. The van der Waals surface area contributed by atoms with Crippen molar-refractivity contribution in [3.63, 3.8) is 0 Å². The van der Waals surface area contributed by atoms with Gasteiger partial charge in [0.15, 0.2) is 0 Å². The summed E-state index contributed by atoms with van der Waals surface area (Å²) in [6, 6.07) is 18.6. The summed E-state index contributed by atoms with van der Waals surface area (Å²) in [5.74, 6) is 0. The Hall–Kier alpha value is -2.29. The Morgan fingerprint density at radius 1 is 1.10 bits per heavy atom. The normalized spacial score (nSPS) is 20.8. The van der Waals surface area contributed by atoms with Crippen molar-refractivity contribution in [1.29, 1.82) is 0 Å². The molecule has 1 aliphatic heterocycles. The van der Waals surface area contributed by atoms with E-state index in [4.69, 9.17) is 0 Å². The Labute approximate surface area is 125 Å². The lowest BCUT2D eigenvalue weighted by molar-refractivity contribution is 0.140. The van der Waals surface area contributed by atoms with Crippen LogP contribution in [-0.2, 0) is 12.0 Å². The maximum Gasteiger partial charge on any atom is 0.318 e. The molecule has 108 valence electrons. The molecule has 1 N–H and O–H groups in total. The van der Waals surface area contributed by atoms with Gasteiger partial charge in [0.2, 0.25) is 0 Å². The zero-order valence-corrected chi connectivity index (χ0v) is 12.5. The van der Waals surface area contributed by atoms with Gasteiger partial charge in [-0.25, -0.2) is 4.79 Å². The largest absolute Gasteiger partial charge is 0.341 e. The molecule has 3 nitrogen and oxygen atoms in total. The van der Waals surface area contributed by atoms with E-state index in [2.05, 4.69) is 42.6 Å². The van der Waals surface area contributed by atoms with E-state index >= 15 is 0 Å². The molecule has 2 amide bonds. The summed E-state index contributed by atoms with van der Waals surface area (Å²) < 4.78 is 0. The first-order chi connectivity index (χ1) is 10.2. The van der Waals surface area contributed by atoms with Crippen molar-refractivity contribution >= 4 is 6.03 Å². The number of hydrogen-bond acceptors (Lipinski definition) is 1. The summed E-state index contributed by atoms with van der Waals surface area (Å²) in [5, 5.41) is 2.78. The number of carbonyl (C=O) groups excluding carboxylic acids is 1.